The van der Waals surface area contributed by atoms with Crippen molar-refractivity contribution in [2.75, 3.05) is 33.3 Å². The topological polar surface area (TPSA) is 89.5 Å². The van der Waals surface area contributed by atoms with E-state index in [4.69, 9.17) is 9.15 Å². The highest BCUT2D eigenvalue weighted by atomic mass is 16.5. The fourth-order valence-electron chi connectivity index (χ4n) is 3.80. The minimum absolute atomic E-state index is 0.0762. The molecule has 0 aliphatic carbocycles. The summed E-state index contributed by atoms with van der Waals surface area (Å²) in [5.41, 5.74) is 1.08. The van der Waals surface area contributed by atoms with Crippen molar-refractivity contribution >= 4 is 5.91 Å². The average molecular weight is 410 g/mol. The number of carbonyl (C=O) groups is 1. The van der Waals surface area contributed by atoms with Gasteiger partial charge in [0.05, 0.1) is 25.5 Å². The molecule has 1 saturated heterocycles. The highest BCUT2D eigenvalue weighted by molar-refractivity contribution is 5.91. The van der Waals surface area contributed by atoms with Gasteiger partial charge in [0.25, 0.3) is 5.91 Å². The molecule has 158 valence electrons. The third-order valence-electron chi connectivity index (χ3n) is 5.38. The Morgan fingerprint density at radius 3 is 2.43 bits per heavy atom. The van der Waals surface area contributed by atoms with E-state index in [2.05, 4.69) is 34.3 Å². The Labute approximate surface area is 175 Å². The number of carbonyl (C=O) groups excluding carboxylic acids is 1. The lowest BCUT2D eigenvalue weighted by atomic mass is 10.0. The van der Waals surface area contributed by atoms with Crippen molar-refractivity contribution in [3.63, 3.8) is 0 Å². The van der Waals surface area contributed by atoms with E-state index in [0.717, 1.165) is 17.1 Å². The largest absolute Gasteiger partial charge is 0.497 e. The summed E-state index contributed by atoms with van der Waals surface area (Å²) in [4.78, 5) is 16.8. The Balaban J connectivity index is 1.58. The molecule has 1 aromatic carbocycles. The molecule has 1 amide bonds. The van der Waals surface area contributed by atoms with Gasteiger partial charge in [-0.2, -0.15) is 0 Å². The first-order valence-electron chi connectivity index (χ1n) is 10.1. The Kier molecular flexibility index (Phi) is 5.80. The number of furan rings is 1. The van der Waals surface area contributed by atoms with Crippen LogP contribution < -0.4 is 4.74 Å². The molecule has 3 aromatic rings. The number of tetrazole rings is 1. The van der Waals surface area contributed by atoms with Gasteiger partial charge in [0.1, 0.15) is 5.75 Å². The molecule has 1 atom stereocenters. The van der Waals surface area contributed by atoms with Crippen molar-refractivity contribution < 1.29 is 13.9 Å². The van der Waals surface area contributed by atoms with Crippen LogP contribution >= 0.6 is 0 Å². The molecular weight excluding hydrogens is 384 g/mol. The van der Waals surface area contributed by atoms with Crippen LogP contribution in [0.2, 0.25) is 0 Å². The van der Waals surface area contributed by atoms with Gasteiger partial charge in [-0.25, -0.2) is 4.68 Å². The van der Waals surface area contributed by atoms with E-state index in [1.807, 2.05) is 33.8 Å². The van der Waals surface area contributed by atoms with Gasteiger partial charge < -0.3 is 14.1 Å². The normalized spacial score (nSPS) is 16.1. The molecule has 1 fully saturated rings. The number of rotatable bonds is 6. The van der Waals surface area contributed by atoms with Gasteiger partial charge in [0, 0.05) is 26.2 Å². The van der Waals surface area contributed by atoms with Gasteiger partial charge in [-0.3, -0.25) is 9.69 Å². The second kappa shape index (κ2) is 8.66. The number of hydrogen-bond donors (Lipinski definition) is 0. The van der Waals surface area contributed by atoms with E-state index in [0.29, 0.717) is 31.9 Å². The summed E-state index contributed by atoms with van der Waals surface area (Å²) >= 11 is 0. The van der Waals surface area contributed by atoms with Crippen LogP contribution in [0.15, 0.2) is 47.1 Å². The zero-order valence-electron chi connectivity index (χ0n) is 17.4. The van der Waals surface area contributed by atoms with E-state index >= 15 is 0 Å². The van der Waals surface area contributed by atoms with Crippen molar-refractivity contribution in [1.82, 2.24) is 30.0 Å². The zero-order chi connectivity index (χ0) is 21.1. The Bertz CT molecular complexity index is 959. The molecule has 0 radical (unpaired) electrons. The monoisotopic (exact) mass is 410 g/mol. The summed E-state index contributed by atoms with van der Waals surface area (Å²) in [6, 6.07) is 11.4. The van der Waals surface area contributed by atoms with Crippen molar-refractivity contribution in [3.05, 3.63) is 59.8 Å². The third kappa shape index (κ3) is 3.93. The number of hydrogen-bond acceptors (Lipinski definition) is 7. The van der Waals surface area contributed by atoms with Crippen LogP contribution in [0, 0.1) is 0 Å². The standard InChI is InChI=1S/C21H26N6O3/c1-15(2)27-20(22-23-24-27)19(16-6-8-17(29-3)9-7-16)25-10-12-26(13-11-25)21(28)18-5-4-14-30-18/h4-9,14-15,19H,10-13H2,1-3H3/t19-/m1/s1. The van der Waals surface area contributed by atoms with Gasteiger partial charge in [0.15, 0.2) is 11.6 Å². The lowest BCUT2D eigenvalue weighted by molar-refractivity contribution is 0.0558. The lowest BCUT2D eigenvalue weighted by Crippen LogP contribution is -2.50. The second-order valence-corrected chi connectivity index (χ2v) is 7.56. The minimum Gasteiger partial charge on any atom is -0.497 e. The molecule has 0 unspecified atom stereocenters. The summed E-state index contributed by atoms with van der Waals surface area (Å²) in [5.74, 6) is 1.89. The van der Waals surface area contributed by atoms with Crippen LogP contribution in [0.5, 0.6) is 5.75 Å². The van der Waals surface area contributed by atoms with Gasteiger partial charge in [0.2, 0.25) is 0 Å². The molecule has 30 heavy (non-hydrogen) atoms. The summed E-state index contributed by atoms with van der Waals surface area (Å²) in [6.07, 6.45) is 1.52. The maximum atomic E-state index is 12.6. The van der Waals surface area contributed by atoms with E-state index in [9.17, 15) is 4.79 Å². The smallest absolute Gasteiger partial charge is 0.289 e. The first-order valence-corrected chi connectivity index (χ1v) is 10.1. The Morgan fingerprint density at radius 2 is 1.83 bits per heavy atom. The molecule has 2 aromatic heterocycles. The van der Waals surface area contributed by atoms with E-state index < -0.39 is 0 Å². The second-order valence-electron chi connectivity index (χ2n) is 7.56. The maximum Gasteiger partial charge on any atom is 0.289 e. The maximum absolute atomic E-state index is 12.6. The van der Waals surface area contributed by atoms with Crippen LogP contribution in [0.1, 0.15) is 47.9 Å². The first-order chi connectivity index (χ1) is 14.6. The minimum atomic E-state index is -0.117. The quantitative estimate of drug-likeness (QED) is 0.616. The fourth-order valence-corrected chi connectivity index (χ4v) is 3.80. The van der Waals surface area contributed by atoms with Gasteiger partial charge in [-0.1, -0.05) is 12.1 Å². The van der Waals surface area contributed by atoms with Crippen molar-refractivity contribution in [2.45, 2.75) is 25.9 Å². The van der Waals surface area contributed by atoms with Crippen molar-refractivity contribution in [2.24, 2.45) is 0 Å². The van der Waals surface area contributed by atoms with Crippen LogP contribution in [0.4, 0.5) is 0 Å². The molecule has 0 spiro atoms. The Hall–Kier alpha value is -3.20. The zero-order valence-corrected chi connectivity index (χ0v) is 17.4. The summed E-state index contributed by atoms with van der Waals surface area (Å²) < 4.78 is 12.4. The number of benzene rings is 1. The summed E-state index contributed by atoms with van der Waals surface area (Å²) in [5, 5.41) is 12.5. The van der Waals surface area contributed by atoms with E-state index in [1.165, 1.54) is 6.26 Å². The van der Waals surface area contributed by atoms with E-state index in [-0.39, 0.29) is 18.0 Å². The van der Waals surface area contributed by atoms with Crippen molar-refractivity contribution in [1.29, 1.82) is 0 Å². The predicted molar refractivity (Wildman–Crippen MR) is 109 cm³/mol. The van der Waals surface area contributed by atoms with Gasteiger partial charge >= 0.3 is 0 Å². The van der Waals surface area contributed by atoms with Crippen molar-refractivity contribution in [3.8, 4) is 5.75 Å². The molecule has 1 aliphatic heterocycles. The molecule has 9 nitrogen and oxygen atoms in total. The molecule has 3 heterocycles. The molecule has 4 rings (SSSR count). The molecule has 9 heteroatoms. The lowest BCUT2D eigenvalue weighted by Gasteiger charge is -2.38. The molecule has 0 saturated carbocycles. The third-order valence-corrected chi connectivity index (χ3v) is 5.38. The summed E-state index contributed by atoms with van der Waals surface area (Å²) in [6.45, 7) is 6.74. The van der Waals surface area contributed by atoms with E-state index in [1.54, 1.807) is 19.2 Å². The summed E-state index contributed by atoms with van der Waals surface area (Å²) in [7, 11) is 1.65. The molecular formula is C21H26N6O3. The van der Waals surface area contributed by atoms with Crippen LogP contribution in [-0.2, 0) is 0 Å². The highest BCUT2D eigenvalue weighted by Crippen LogP contribution is 2.30. The highest BCUT2D eigenvalue weighted by Gasteiger charge is 2.32. The number of nitrogens with zero attached hydrogens (tertiary/aromatic N) is 6. The molecule has 1 aliphatic rings. The SMILES string of the molecule is COc1ccc([C@H](c2nnnn2C(C)C)N2CCN(C(=O)c3ccco3)CC2)cc1. The molecule has 0 bridgehead atoms. The predicted octanol–water partition coefficient (Wildman–Crippen LogP) is 2.40. The number of piperazine rings is 1. The fraction of sp³-hybridized carbons (Fsp3) is 0.429. The first kappa shape index (κ1) is 20.1. The van der Waals surface area contributed by atoms with Crippen LogP contribution in [0.25, 0.3) is 0 Å². The number of amides is 1. The van der Waals surface area contributed by atoms with Gasteiger partial charge in [-0.15, -0.1) is 5.10 Å². The number of ether oxygens (including phenoxy) is 1. The van der Waals surface area contributed by atoms with Crippen LogP contribution in [0.3, 0.4) is 0 Å². The average Bonchev–Trinajstić information content (AvgIpc) is 3.47. The molecule has 0 N–H and O–H groups in total. The number of aromatic nitrogens is 4. The van der Waals surface area contributed by atoms with Gasteiger partial charge in [-0.05, 0) is 54.1 Å². The Morgan fingerprint density at radius 1 is 1.10 bits per heavy atom. The number of methoxy groups -OCH3 is 1. The van der Waals surface area contributed by atoms with Crippen LogP contribution in [-0.4, -0.2) is 69.2 Å².